The Kier molecular flexibility index (Phi) is 12.8. The van der Waals surface area contributed by atoms with Crippen molar-refractivity contribution in [3.63, 3.8) is 0 Å². The molecule has 18 heavy (non-hydrogen) atoms. The topological polar surface area (TPSA) is 115 Å². The van der Waals surface area contributed by atoms with Crippen LogP contribution in [0, 0.1) is 0 Å². The van der Waals surface area contributed by atoms with Gasteiger partial charge in [-0.3, -0.25) is 4.79 Å². The molecule has 2 N–H and O–H groups in total. The minimum absolute atomic E-state index is 0. The van der Waals surface area contributed by atoms with Gasteiger partial charge in [0.25, 0.3) is 0 Å². The van der Waals surface area contributed by atoms with E-state index in [1.807, 2.05) is 21.1 Å². The van der Waals surface area contributed by atoms with Gasteiger partial charge in [0.2, 0.25) is 5.78 Å². The smallest absolute Gasteiger partial charge is 1.00 e. The van der Waals surface area contributed by atoms with Crippen LogP contribution in [0.1, 0.15) is 16.2 Å². The molecular weight excluding hydrogens is 254 g/mol. The zero-order chi connectivity index (χ0) is 14.2. The van der Waals surface area contributed by atoms with Crippen LogP contribution in [-0.2, 0) is 14.4 Å². The predicted molar refractivity (Wildman–Crippen MR) is 64.8 cm³/mol. The quantitative estimate of drug-likeness (QED) is 0.331. The summed E-state index contributed by atoms with van der Waals surface area (Å²) in [4.78, 5) is 28.9. The molecule has 0 spiro atoms. The molecule has 1 unspecified atom stereocenters. The van der Waals surface area contributed by atoms with E-state index in [1.54, 1.807) is 0 Å². The summed E-state index contributed by atoms with van der Waals surface area (Å²) in [6.45, 7) is 1.43. The Morgan fingerprint density at radius 1 is 1.28 bits per heavy atom. The van der Waals surface area contributed by atoms with E-state index >= 15 is 0 Å². The number of aliphatic hydroxyl groups is 1. The normalized spacial score (nSPS) is 11.4. The molecule has 0 heterocycles. The second-order valence-electron chi connectivity index (χ2n) is 4.56. The number of aliphatic hydroxyl groups excluding tert-OH is 1. The van der Waals surface area contributed by atoms with E-state index in [4.69, 9.17) is 10.2 Å². The Balaban J connectivity index is -0.0000000734. The number of aliphatic carboxylic acids is 2. The van der Waals surface area contributed by atoms with Crippen molar-refractivity contribution < 1.29 is 37.0 Å². The minimum atomic E-state index is -1.38. The van der Waals surface area contributed by atoms with Crippen LogP contribution in [0.3, 0.4) is 0 Å². The molecule has 0 rings (SSSR count). The van der Waals surface area contributed by atoms with Gasteiger partial charge >= 0.3 is 29.0 Å². The number of carbonyl (C=O) groups is 3. The van der Waals surface area contributed by atoms with Crippen molar-refractivity contribution in [2.24, 2.45) is 0 Å². The Morgan fingerprint density at radius 3 is 1.78 bits per heavy atom. The number of Topliss-reactive ketones (excluding diaryl/α,β-unsaturated/α-hetero) is 1. The molecule has 0 aliphatic rings. The van der Waals surface area contributed by atoms with E-state index in [9.17, 15) is 19.5 Å². The fraction of sp³-hybridized carbons (Fsp3) is 0.700. The van der Waals surface area contributed by atoms with Gasteiger partial charge < -0.3 is 27.5 Å². The van der Waals surface area contributed by atoms with E-state index in [1.165, 1.54) is 0 Å². The van der Waals surface area contributed by atoms with Gasteiger partial charge in [0.1, 0.15) is 12.6 Å². The van der Waals surface area contributed by atoms with Gasteiger partial charge in [0, 0.05) is 19.3 Å². The first-order chi connectivity index (χ1) is 7.45. The summed E-state index contributed by atoms with van der Waals surface area (Å²) in [5, 5.41) is 26.8. The number of carboxylic acids is 2. The molecule has 0 aromatic carbocycles. The summed E-state index contributed by atoms with van der Waals surface area (Å²) in [5.41, 5.74) is 0. The van der Waals surface area contributed by atoms with E-state index < -0.39 is 23.8 Å². The fourth-order valence-electron chi connectivity index (χ4n) is 0.889. The number of ketones is 1. The summed E-state index contributed by atoms with van der Waals surface area (Å²) in [5.74, 6) is -3.41. The maximum absolute atomic E-state index is 10.0. The van der Waals surface area contributed by atoms with Crippen LogP contribution in [0.5, 0.6) is 0 Å². The van der Waals surface area contributed by atoms with Crippen LogP contribution in [0.2, 0.25) is 0 Å². The average molecular weight is 276 g/mol. The van der Waals surface area contributed by atoms with Crippen LogP contribution in [-0.4, -0.2) is 89.3 Å². The number of nitrogens with zero attached hydrogens (tertiary/aromatic N) is 1. The molecule has 0 saturated carbocycles. The Morgan fingerprint density at radius 2 is 1.61 bits per heavy atom. The van der Waals surface area contributed by atoms with Crippen LogP contribution in [0.4, 0.5) is 0 Å². The number of carboxylic acid groups (broad SMARTS) is 2. The minimum Gasteiger partial charge on any atom is -1.00 e. The van der Waals surface area contributed by atoms with Gasteiger partial charge in [-0.25, -0.2) is 4.79 Å². The SMILES string of the molecule is CC(=O)C(=O)O.C[N+](C)(C)CC(O)CC(=O)[O-].[H-].[H-].[Mg+2]. The molecule has 0 aliphatic carbocycles. The van der Waals surface area contributed by atoms with Gasteiger partial charge in [0.15, 0.2) is 0 Å². The van der Waals surface area contributed by atoms with E-state index in [0.717, 1.165) is 6.92 Å². The monoisotopic (exact) mass is 275 g/mol. The average Bonchev–Trinajstić information content (AvgIpc) is 1.98. The molecule has 0 aromatic heterocycles. The molecule has 0 bridgehead atoms. The summed E-state index contributed by atoms with van der Waals surface area (Å²) in [6.07, 6.45) is -1.09. The van der Waals surface area contributed by atoms with Crippen molar-refractivity contribution in [2.45, 2.75) is 19.4 Å². The maximum Gasteiger partial charge on any atom is 2.00 e. The van der Waals surface area contributed by atoms with Crippen molar-refractivity contribution >= 4 is 40.8 Å². The summed E-state index contributed by atoms with van der Waals surface area (Å²) < 4.78 is 0.550. The van der Waals surface area contributed by atoms with E-state index in [0.29, 0.717) is 11.0 Å². The van der Waals surface area contributed by atoms with E-state index in [2.05, 4.69) is 0 Å². The Bertz CT molecular complexity index is 284. The standard InChI is InChI=1S/C7H15NO3.C3H4O3.Mg.2H/c1-8(2,3)5-6(9)4-7(10)11;1-2(4)3(5)6;;;/h6,9H,4-5H2,1-3H3;1H3,(H,5,6);;;/q;;+2;2*-1. The maximum atomic E-state index is 10.0. The third-order valence-electron chi connectivity index (χ3n) is 1.46. The van der Waals surface area contributed by atoms with Crippen LogP contribution in [0.15, 0.2) is 0 Å². The zero-order valence-electron chi connectivity index (χ0n) is 13.2. The predicted octanol–water partition coefficient (Wildman–Crippen LogP) is -2.30. The largest absolute Gasteiger partial charge is 2.00 e. The van der Waals surface area contributed by atoms with Crippen molar-refractivity contribution in [1.29, 1.82) is 0 Å². The van der Waals surface area contributed by atoms with Gasteiger partial charge in [0.05, 0.1) is 21.1 Å². The van der Waals surface area contributed by atoms with Crippen molar-refractivity contribution in [3.05, 3.63) is 0 Å². The first-order valence-electron chi connectivity index (χ1n) is 4.88. The number of quaternary nitrogens is 1. The Hall–Kier alpha value is -0.704. The van der Waals surface area contributed by atoms with Gasteiger partial charge in [-0.2, -0.15) is 0 Å². The first-order valence-corrected chi connectivity index (χ1v) is 4.88. The Labute approximate surface area is 125 Å². The molecule has 8 heteroatoms. The first kappa shape index (κ1) is 22.5. The number of carbonyl (C=O) groups excluding carboxylic acids is 2. The van der Waals surface area contributed by atoms with Crippen molar-refractivity contribution in [3.8, 4) is 0 Å². The molecule has 0 saturated heterocycles. The summed E-state index contributed by atoms with van der Waals surface area (Å²) >= 11 is 0. The number of hydrogen-bond acceptors (Lipinski definition) is 5. The van der Waals surface area contributed by atoms with Gasteiger partial charge in [-0.05, 0) is 0 Å². The molecule has 1 atom stereocenters. The zero-order valence-corrected chi connectivity index (χ0v) is 12.6. The van der Waals surface area contributed by atoms with Crippen LogP contribution >= 0.6 is 0 Å². The molecule has 0 fully saturated rings. The molecule has 0 aliphatic heterocycles. The van der Waals surface area contributed by atoms with Gasteiger partial charge in [-0.1, -0.05) is 0 Å². The third kappa shape index (κ3) is 20.7. The second-order valence-corrected chi connectivity index (χ2v) is 4.56. The molecule has 0 aromatic rings. The summed E-state index contributed by atoms with van der Waals surface area (Å²) in [7, 11) is 5.66. The number of likely N-dealkylation sites (N-methyl/N-ethyl adjacent to an activating group) is 1. The number of hydrogen-bond donors (Lipinski definition) is 2. The van der Waals surface area contributed by atoms with Gasteiger partial charge in [-0.15, -0.1) is 0 Å². The molecule has 0 amide bonds. The number of rotatable bonds is 5. The van der Waals surface area contributed by atoms with Crippen molar-refractivity contribution in [1.82, 2.24) is 0 Å². The summed E-state index contributed by atoms with van der Waals surface area (Å²) in [6, 6.07) is 0. The molecule has 104 valence electrons. The molecule has 7 nitrogen and oxygen atoms in total. The fourth-order valence-corrected chi connectivity index (χ4v) is 0.889. The third-order valence-corrected chi connectivity index (χ3v) is 1.46. The van der Waals surface area contributed by atoms with Crippen LogP contribution in [0.25, 0.3) is 0 Å². The molecule has 0 radical (unpaired) electrons. The second kappa shape index (κ2) is 10.2. The van der Waals surface area contributed by atoms with Crippen LogP contribution < -0.4 is 5.11 Å². The van der Waals surface area contributed by atoms with E-state index in [-0.39, 0.29) is 32.3 Å². The van der Waals surface area contributed by atoms with Crippen molar-refractivity contribution in [2.75, 3.05) is 27.7 Å². The molecular formula is C10H21MgNO6.